The average Bonchev–Trinajstić information content (AvgIpc) is 2.24. The van der Waals surface area contributed by atoms with Crippen LogP contribution in [0.15, 0.2) is 24.3 Å². The topological polar surface area (TPSA) is 47.6 Å². The second kappa shape index (κ2) is 4.50. The molecule has 0 aliphatic heterocycles. The summed E-state index contributed by atoms with van der Waals surface area (Å²) in [6.45, 7) is 0. The molecule has 0 fully saturated rings. The minimum atomic E-state index is -4.46. The monoisotopic (exact) mass is 222 g/mol. The maximum Gasteiger partial charge on any atom is 0.416 e. The van der Waals surface area contributed by atoms with Crippen molar-refractivity contribution >= 4 is 6.08 Å². The summed E-state index contributed by atoms with van der Waals surface area (Å²) in [6, 6.07) is 6.17. The van der Waals surface area contributed by atoms with Gasteiger partial charge in [0.2, 0.25) is 0 Å². The van der Waals surface area contributed by atoms with Crippen LogP contribution in [0.5, 0.6) is 0 Å². The first-order chi connectivity index (χ1) is 7.49. The Morgan fingerprint density at radius 3 is 2.38 bits per heavy atom. The molecule has 0 saturated carbocycles. The van der Waals surface area contributed by atoms with E-state index >= 15 is 0 Å². The van der Waals surface area contributed by atoms with E-state index in [4.69, 9.17) is 10.5 Å². The van der Waals surface area contributed by atoms with Crippen LogP contribution in [0.4, 0.5) is 13.2 Å². The maximum absolute atomic E-state index is 12.4. The Hall–Kier alpha value is -2.27. The molecule has 0 aliphatic carbocycles. The van der Waals surface area contributed by atoms with E-state index in [1.165, 1.54) is 6.08 Å². The molecule has 16 heavy (non-hydrogen) atoms. The first kappa shape index (κ1) is 11.8. The van der Waals surface area contributed by atoms with Gasteiger partial charge in [-0.15, -0.1) is 0 Å². The molecule has 5 heteroatoms. The third-order valence-corrected chi connectivity index (χ3v) is 1.84. The molecule has 0 radical (unpaired) electrons. The molecule has 0 amide bonds. The molecule has 1 aromatic carbocycles. The number of nitriles is 2. The van der Waals surface area contributed by atoms with Gasteiger partial charge in [0, 0.05) is 6.08 Å². The van der Waals surface area contributed by atoms with Crippen LogP contribution in [0.25, 0.3) is 6.08 Å². The van der Waals surface area contributed by atoms with Crippen LogP contribution in [-0.4, -0.2) is 0 Å². The van der Waals surface area contributed by atoms with E-state index in [-0.39, 0.29) is 11.1 Å². The molecule has 0 spiro atoms. The molecule has 0 atom stereocenters. The molecule has 1 rings (SSSR count). The summed E-state index contributed by atoms with van der Waals surface area (Å²) in [6.07, 6.45) is -2.26. The van der Waals surface area contributed by atoms with Crippen molar-refractivity contribution in [2.24, 2.45) is 0 Å². The SMILES string of the molecule is N#CC=Cc1cc(C(F)(F)F)ccc1C#N. The third kappa shape index (κ3) is 2.61. The lowest BCUT2D eigenvalue weighted by atomic mass is 10.0. The molecule has 0 aliphatic rings. The molecule has 0 aromatic heterocycles. The molecule has 0 saturated heterocycles. The number of benzene rings is 1. The smallest absolute Gasteiger partial charge is 0.193 e. The van der Waals surface area contributed by atoms with Gasteiger partial charge in [0.1, 0.15) is 0 Å². The zero-order valence-corrected chi connectivity index (χ0v) is 7.92. The largest absolute Gasteiger partial charge is 0.416 e. The van der Waals surface area contributed by atoms with Crippen molar-refractivity contribution in [3.63, 3.8) is 0 Å². The van der Waals surface area contributed by atoms with Crippen molar-refractivity contribution < 1.29 is 13.2 Å². The lowest BCUT2D eigenvalue weighted by Gasteiger charge is -2.07. The van der Waals surface area contributed by atoms with Gasteiger partial charge in [-0.05, 0) is 29.8 Å². The summed E-state index contributed by atoms with van der Waals surface area (Å²) >= 11 is 0. The van der Waals surface area contributed by atoms with E-state index in [1.54, 1.807) is 12.1 Å². The van der Waals surface area contributed by atoms with Crippen LogP contribution in [0.1, 0.15) is 16.7 Å². The Morgan fingerprint density at radius 1 is 1.19 bits per heavy atom. The number of hydrogen-bond donors (Lipinski definition) is 0. The van der Waals surface area contributed by atoms with Crippen molar-refractivity contribution in [3.05, 3.63) is 41.0 Å². The highest BCUT2D eigenvalue weighted by Gasteiger charge is 2.30. The quantitative estimate of drug-likeness (QED) is 0.685. The lowest BCUT2D eigenvalue weighted by Crippen LogP contribution is -2.05. The van der Waals surface area contributed by atoms with Gasteiger partial charge in [-0.1, -0.05) is 0 Å². The molecule has 0 N–H and O–H groups in total. The second-order valence-corrected chi connectivity index (χ2v) is 2.87. The fourth-order valence-electron chi connectivity index (χ4n) is 1.11. The lowest BCUT2D eigenvalue weighted by molar-refractivity contribution is -0.137. The first-order valence-electron chi connectivity index (χ1n) is 4.16. The van der Waals surface area contributed by atoms with Crippen molar-refractivity contribution in [3.8, 4) is 12.1 Å². The predicted octanol–water partition coefficient (Wildman–Crippen LogP) is 3.11. The summed E-state index contributed by atoms with van der Waals surface area (Å²) < 4.78 is 37.1. The fraction of sp³-hybridized carbons (Fsp3) is 0.0909. The molecule has 0 heterocycles. The number of rotatable bonds is 1. The van der Waals surface area contributed by atoms with Gasteiger partial charge in [-0.3, -0.25) is 0 Å². The molecular weight excluding hydrogens is 217 g/mol. The van der Waals surface area contributed by atoms with E-state index in [1.807, 2.05) is 0 Å². The highest BCUT2D eigenvalue weighted by atomic mass is 19.4. The van der Waals surface area contributed by atoms with Crippen LogP contribution in [0.3, 0.4) is 0 Å². The summed E-state index contributed by atoms with van der Waals surface area (Å²) in [4.78, 5) is 0. The Balaban J connectivity index is 3.30. The van der Waals surface area contributed by atoms with Gasteiger partial charge >= 0.3 is 6.18 Å². The number of halogens is 3. The van der Waals surface area contributed by atoms with E-state index in [0.29, 0.717) is 0 Å². The standard InChI is InChI=1S/C11H5F3N2/c12-11(13,14)10-4-3-9(7-16)8(6-10)2-1-5-15/h1-4,6H. The fourth-order valence-corrected chi connectivity index (χ4v) is 1.11. The number of hydrogen-bond acceptors (Lipinski definition) is 2. The van der Waals surface area contributed by atoms with Crippen LogP contribution < -0.4 is 0 Å². The van der Waals surface area contributed by atoms with Crippen molar-refractivity contribution in [1.82, 2.24) is 0 Å². The first-order valence-corrected chi connectivity index (χ1v) is 4.16. The zero-order chi connectivity index (χ0) is 12.2. The Kier molecular flexibility index (Phi) is 3.32. The van der Waals surface area contributed by atoms with Crippen LogP contribution >= 0.6 is 0 Å². The highest BCUT2D eigenvalue weighted by Crippen LogP contribution is 2.30. The van der Waals surface area contributed by atoms with E-state index in [9.17, 15) is 13.2 Å². The molecule has 0 bridgehead atoms. The maximum atomic E-state index is 12.4. The van der Waals surface area contributed by atoms with E-state index in [2.05, 4.69) is 0 Å². The van der Waals surface area contributed by atoms with Crippen molar-refractivity contribution in [1.29, 1.82) is 10.5 Å². The predicted molar refractivity (Wildman–Crippen MR) is 50.8 cm³/mol. The molecule has 2 nitrogen and oxygen atoms in total. The average molecular weight is 222 g/mol. The van der Waals surface area contributed by atoms with E-state index in [0.717, 1.165) is 24.3 Å². The van der Waals surface area contributed by atoms with Crippen molar-refractivity contribution in [2.45, 2.75) is 6.18 Å². The highest BCUT2D eigenvalue weighted by molar-refractivity contribution is 5.60. The van der Waals surface area contributed by atoms with Crippen molar-refractivity contribution in [2.75, 3.05) is 0 Å². The minimum absolute atomic E-state index is 0.0823. The van der Waals surface area contributed by atoms with Gasteiger partial charge in [0.25, 0.3) is 0 Å². The van der Waals surface area contributed by atoms with E-state index < -0.39 is 11.7 Å². The Labute approximate surface area is 89.8 Å². The zero-order valence-electron chi connectivity index (χ0n) is 7.92. The molecule has 80 valence electrons. The molecular formula is C11H5F3N2. The number of nitrogens with zero attached hydrogens (tertiary/aromatic N) is 2. The van der Waals surface area contributed by atoms with Crippen LogP contribution in [0, 0.1) is 22.7 Å². The van der Waals surface area contributed by atoms with Gasteiger partial charge < -0.3 is 0 Å². The van der Waals surface area contributed by atoms with Crippen LogP contribution in [0.2, 0.25) is 0 Å². The van der Waals surface area contributed by atoms with Crippen LogP contribution in [-0.2, 0) is 6.18 Å². The normalized spacial score (nSPS) is 11.1. The number of alkyl halides is 3. The third-order valence-electron chi connectivity index (χ3n) is 1.84. The summed E-state index contributed by atoms with van der Waals surface area (Å²) in [5, 5.41) is 16.9. The van der Waals surface area contributed by atoms with Gasteiger partial charge in [0.05, 0.1) is 23.3 Å². The number of allylic oxidation sites excluding steroid dienone is 1. The van der Waals surface area contributed by atoms with Gasteiger partial charge in [-0.2, -0.15) is 23.7 Å². The Morgan fingerprint density at radius 2 is 1.88 bits per heavy atom. The summed E-state index contributed by atoms with van der Waals surface area (Å²) in [5.74, 6) is 0. The molecule has 1 aromatic rings. The summed E-state index contributed by atoms with van der Waals surface area (Å²) in [5.41, 5.74) is -0.664. The minimum Gasteiger partial charge on any atom is -0.193 e. The Bertz CT molecular complexity index is 501. The second-order valence-electron chi connectivity index (χ2n) is 2.87. The summed E-state index contributed by atoms with van der Waals surface area (Å²) in [7, 11) is 0. The van der Waals surface area contributed by atoms with Gasteiger partial charge in [0.15, 0.2) is 0 Å². The molecule has 0 unspecified atom stereocenters. The van der Waals surface area contributed by atoms with Gasteiger partial charge in [-0.25, -0.2) is 0 Å².